The predicted octanol–water partition coefficient (Wildman–Crippen LogP) is 6.14. The molecule has 6 heteroatoms. The molecule has 0 saturated heterocycles. The van der Waals surface area contributed by atoms with E-state index in [2.05, 4.69) is 49.6 Å². The van der Waals surface area contributed by atoms with E-state index in [0.29, 0.717) is 28.0 Å². The van der Waals surface area contributed by atoms with Crippen LogP contribution in [0.2, 0.25) is 5.02 Å². The highest BCUT2D eigenvalue weighted by molar-refractivity contribution is 6.31. The first-order chi connectivity index (χ1) is 15.1. The normalized spacial score (nSPS) is 21.7. The minimum atomic E-state index is -0.569. The SMILES string of the molecule is Cc1cc2c(cc1C)N[C@H](c1coc3ccc(Cl)cc3c1=O)[C@H]1C(=O)CC(C)(C)C=C1N2. The minimum absolute atomic E-state index is 0.0874. The van der Waals surface area contributed by atoms with Gasteiger partial charge in [0.2, 0.25) is 0 Å². The Morgan fingerprint density at radius 1 is 1.06 bits per heavy atom. The van der Waals surface area contributed by atoms with Crippen molar-refractivity contribution in [3.05, 3.63) is 80.3 Å². The van der Waals surface area contributed by atoms with Crippen molar-refractivity contribution in [1.29, 1.82) is 0 Å². The number of carbonyl (C=O) groups excluding carboxylic acids is 1. The Morgan fingerprint density at radius 3 is 2.53 bits per heavy atom. The average Bonchev–Trinajstić information content (AvgIpc) is 2.84. The Bertz CT molecular complexity index is 1370. The van der Waals surface area contributed by atoms with Gasteiger partial charge in [-0.25, -0.2) is 0 Å². The maximum Gasteiger partial charge on any atom is 0.198 e. The standard InChI is InChI=1S/C26H25ClN2O3/c1-13-7-18-19(8-14(13)2)29-24(23-20(28-18)10-26(3,4)11-21(23)30)17-12-32-22-6-5-15(27)9-16(22)25(17)31/h5-10,12,23-24,28-29H,11H2,1-4H3/t23-,24-/m1/s1. The summed E-state index contributed by atoms with van der Waals surface area (Å²) in [6.07, 6.45) is 4.00. The number of benzene rings is 2. The lowest BCUT2D eigenvalue weighted by Crippen LogP contribution is -2.38. The summed E-state index contributed by atoms with van der Waals surface area (Å²) in [5.41, 5.74) is 5.26. The van der Waals surface area contributed by atoms with Crippen LogP contribution in [0.5, 0.6) is 0 Å². The molecule has 5 rings (SSSR count). The van der Waals surface area contributed by atoms with Crippen LogP contribution in [0.3, 0.4) is 0 Å². The molecule has 1 aromatic heterocycles. The maximum atomic E-state index is 13.5. The van der Waals surface area contributed by atoms with Gasteiger partial charge < -0.3 is 15.1 Å². The van der Waals surface area contributed by atoms with Gasteiger partial charge in [-0.15, -0.1) is 0 Å². The number of aryl methyl sites for hydroxylation is 2. The molecule has 164 valence electrons. The zero-order valence-corrected chi connectivity index (χ0v) is 19.3. The molecule has 0 saturated carbocycles. The van der Waals surface area contributed by atoms with Crippen LogP contribution < -0.4 is 16.1 Å². The molecule has 0 amide bonds. The van der Waals surface area contributed by atoms with Crippen molar-refractivity contribution < 1.29 is 9.21 Å². The number of fused-ring (bicyclic) bond motifs is 3. The third kappa shape index (κ3) is 3.41. The number of rotatable bonds is 1. The molecule has 0 spiro atoms. The Hall–Kier alpha value is -3.05. The van der Waals surface area contributed by atoms with Crippen molar-refractivity contribution in [3.63, 3.8) is 0 Å². The second-order valence-corrected chi connectivity index (χ2v) is 10.0. The van der Waals surface area contributed by atoms with Gasteiger partial charge in [0.25, 0.3) is 0 Å². The van der Waals surface area contributed by atoms with E-state index in [1.54, 1.807) is 18.2 Å². The van der Waals surface area contributed by atoms with E-state index in [1.807, 2.05) is 6.92 Å². The summed E-state index contributed by atoms with van der Waals surface area (Å²) in [7, 11) is 0. The lowest BCUT2D eigenvalue weighted by atomic mass is 9.72. The Labute approximate surface area is 191 Å². The lowest BCUT2D eigenvalue weighted by molar-refractivity contribution is -0.124. The van der Waals surface area contributed by atoms with E-state index in [1.165, 1.54) is 6.26 Å². The van der Waals surface area contributed by atoms with Gasteiger partial charge in [-0.2, -0.15) is 0 Å². The second-order valence-electron chi connectivity index (χ2n) is 9.60. The number of carbonyl (C=O) groups is 1. The number of hydrogen-bond donors (Lipinski definition) is 2. The molecule has 1 aliphatic heterocycles. The van der Waals surface area contributed by atoms with Crippen LogP contribution in [0.4, 0.5) is 11.4 Å². The van der Waals surface area contributed by atoms with E-state index < -0.39 is 12.0 Å². The van der Waals surface area contributed by atoms with Crippen LogP contribution in [-0.4, -0.2) is 5.78 Å². The van der Waals surface area contributed by atoms with Gasteiger partial charge in [0.15, 0.2) is 5.43 Å². The fraction of sp³-hybridized carbons (Fsp3) is 0.308. The van der Waals surface area contributed by atoms with Gasteiger partial charge in [0, 0.05) is 17.1 Å². The molecular weight excluding hydrogens is 424 g/mol. The average molecular weight is 449 g/mol. The number of anilines is 2. The molecular formula is C26H25ClN2O3. The quantitative estimate of drug-likeness (QED) is 0.467. The number of allylic oxidation sites excluding steroid dienone is 1. The number of Topliss-reactive ketones (excluding diaryl/α,β-unsaturated/α-hetero) is 1. The third-order valence-corrected chi connectivity index (χ3v) is 6.75. The summed E-state index contributed by atoms with van der Waals surface area (Å²) in [5.74, 6) is -0.445. The summed E-state index contributed by atoms with van der Waals surface area (Å²) in [4.78, 5) is 26.9. The van der Waals surface area contributed by atoms with Crippen molar-refractivity contribution in [3.8, 4) is 0 Å². The number of halogens is 1. The molecule has 0 radical (unpaired) electrons. The predicted molar refractivity (Wildman–Crippen MR) is 128 cm³/mol. The van der Waals surface area contributed by atoms with Crippen LogP contribution in [0.1, 0.15) is 43.0 Å². The monoisotopic (exact) mass is 448 g/mol. The molecule has 2 N–H and O–H groups in total. The highest BCUT2D eigenvalue weighted by Crippen LogP contribution is 2.45. The van der Waals surface area contributed by atoms with Crippen LogP contribution in [0.15, 0.2) is 57.6 Å². The molecule has 0 unspecified atom stereocenters. The number of ketones is 1. The molecule has 2 aromatic carbocycles. The van der Waals surface area contributed by atoms with E-state index in [4.69, 9.17) is 16.0 Å². The van der Waals surface area contributed by atoms with E-state index in [0.717, 1.165) is 28.2 Å². The molecule has 0 bridgehead atoms. The van der Waals surface area contributed by atoms with Crippen LogP contribution >= 0.6 is 11.6 Å². The first-order valence-electron chi connectivity index (χ1n) is 10.7. The van der Waals surface area contributed by atoms with Crippen molar-refractivity contribution in [1.82, 2.24) is 0 Å². The number of nitrogens with one attached hydrogen (secondary N) is 2. The molecule has 32 heavy (non-hydrogen) atoms. The van der Waals surface area contributed by atoms with Gasteiger partial charge in [-0.05, 0) is 60.7 Å². The summed E-state index contributed by atoms with van der Waals surface area (Å²) in [6.45, 7) is 8.21. The zero-order chi connectivity index (χ0) is 22.8. The smallest absolute Gasteiger partial charge is 0.198 e. The van der Waals surface area contributed by atoms with E-state index >= 15 is 0 Å². The highest BCUT2D eigenvalue weighted by Gasteiger charge is 2.42. The fourth-order valence-corrected chi connectivity index (χ4v) is 4.98. The Kier molecular flexibility index (Phi) is 4.71. The molecule has 0 fully saturated rings. The van der Waals surface area contributed by atoms with E-state index in [-0.39, 0.29) is 16.6 Å². The summed E-state index contributed by atoms with van der Waals surface area (Å²) in [5, 5.41) is 7.88. The topological polar surface area (TPSA) is 71.3 Å². The first-order valence-corrected chi connectivity index (χ1v) is 11.1. The number of hydrogen-bond acceptors (Lipinski definition) is 5. The molecule has 2 heterocycles. The maximum absolute atomic E-state index is 13.5. The van der Waals surface area contributed by atoms with Crippen molar-refractivity contribution in [2.75, 3.05) is 10.6 Å². The molecule has 3 aromatic rings. The molecule has 2 aliphatic rings. The van der Waals surface area contributed by atoms with Crippen molar-refractivity contribution >= 4 is 39.7 Å². The minimum Gasteiger partial charge on any atom is -0.464 e. The molecule has 2 atom stereocenters. The van der Waals surface area contributed by atoms with Gasteiger partial charge in [0.05, 0.1) is 34.3 Å². The lowest BCUT2D eigenvalue weighted by Gasteiger charge is -2.35. The molecule has 1 aliphatic carbocycles. The summed E-state index contributed by atoms with van der Waals surface area (Å²) < 4.78 is 5.81. The Balaban J connectivity index is 1.75. The van der Waals surface area contributed by atoms with Gasteiger partial charge >= 0.3 is 0 Å². The van der Waals surface area contributed by atoms with E-state index in [9.17, 15) is 9.59 Å². The zero-order valence-electron chi connectivity index (χ0n) is 18.5. The summed E-state index contributed by atoms with van der Waals surface area (Å²) >= 11 is 6.15. The van der Waals surface area contributed by atoms with Crippen LogP contribution in [0.25, 0.3) is 11.0 Å². The highest BCUT2D eigenvalue weighted by atomic mass is 35.5. The fourth-order valence-electron chi connectivity index (χ4n) is 4.81. The van der Waals surface area contributed by atoms with Gasteiger partial charge in [-0.3, -0.25) is 9.59 Å². The third-order valence-electron chi connectivity index (χ3n) is 6.51. The van der Waals surface area contributed by atoms with Gasteiger partial charge in [-0.1, -0.05) is 31.5 Å². The van der Waals surface area contributed by atoms with Crippen molar-refractivity contribution in [2.24, 2.45) is 11.3 Å². The van der Waals surface area contributed by atoms with Gasteiger partial charge in [0.1, 0.15) is 17.6 Å². The summed E-state index contributed by atoms with van der Waals surface area (Å²) in [6, 6.07) is 8.55. The van der Waals surface area contributed by atoms with Crippen molar-refractivity contribution in [2.45, 2.75) is 40.2 Å². The van der Waals surface area contributed by atoms with Crippen LogP contribution in [-0.2, 0) is 4.79 Å². The molecule has 5 nitrogen and oxygen atoms in total. The second kappa shape index (κ2) is 7.24. The van der Waals surface area contributed by atoms with Crippen LogP contribution in [0, 0.1) is 25.2 Å². The first kappa shape index (κ1) is 20.8. The Morgan fingerprint density at radius 2 is 1.78 bits per heavy atom. The largest absolute Gasteiger partial charge is 0.464 e.